The van der Waals surface area contributed by atoms with Gasteiger partial charge in [0.2, 0.25) is 0 Å². The number of alkyl halides is 3. The zero-order chi connectivity index (χ0) is 20.4. The van der Waals surface area contributed by atoms with Crippen molar-refractivity contribution in [1.82, 2.24) is 20.4 Å². The first-order chi connectivity index (χ1) is 13.4. The van der Waals surface area contributed by atoms with E-state index in [2.05, 4.69) is 25.5 Å². The molecule has 1 aromatic carbocycles. The van der Waals surface area contributed by atoms with Crippen LogP contribution in [0.2, 0.25) is 0 Å². The van der Waals surface area contributed by atoms with Gasteiger partial charge in [-0.2, -0.15) is 18.3 Å². The molecule has 0 bridgehead atoms. The Kier molecular flexibility index (Phi) is 11.0. The number of nitrogens with zero attached hydrogens (tertiary/aromatic N) is 3. The first-order valence-corrected chi connectivity index (χ1v) is 9.01. The normalized spacial score (nSPS) is 11.8. The third kappa shape index (κ3) is 10.5. The molecule has 0 atom stereocenters. The van der Waals surface area contributed by atoms with Gasteiger partial charge in [-0.15, -0.1) is 24.0 Å². The Morgan fingerprint density at radius 2 is 1.86 bits per heavy atom. The smallest absolute Gasteiger partial charge is 0.367 e. The first kappa shape index (κ1) is 25.2. The lowest BCUT2D eigenvalue weighted by molar-refractivity contribution is -0.176. The van der Waals surface area contributed by atoms with Crippen molar-refractivity contribution in [2.75, 3.05) is 20.2 Å². The van der Waals surface area contributed by atoms with Gasteiger partial charge in [0.1, 0.15) is 6.61 Å². The van der Waals surface area contributed by atoms with Crippen LogP contribution in [-0.4, -0.2) is 42.1 Å². The van der Waals surface area contributed by atoms with E-state index in [0.29, 0.717) is 18.1 Å². The molecule has 29 heavy (non-hydrogen) atoms. The lowest BCUT2D eigenvalue weighted by atomic mass is 10.1. The Morgan fingerprint density at radius 3 is 2.45 bits per heavy atom. The molecule has 0 aliphatic heterocycles. The van der Waals surface area contributed by atoms with Crippen molar-refractivity contribution in [3.63, 3.8) is 0 Å². The van der Waals surface area contributed by atoms with Gasteiger partial charge in [-0.1, -0.05) is 24.3 Å². The highest BCUT2D eigenvalue weighted by Crippen LogP contribution is 2.15. The molecule has 2 aromatic rings. The van der Waals surface area contributed by atoms with E-state index in [0.717, 1.165) is 30.6 Å². The summed E-state index contributed by atoms with van der Waals surface area (Å²) in [6.45, 7) is 2.85. The van der Waals surface area contributed by atoms with Gasteiger partial charge >= 0.3 is 6.18 Å². The second-order valence-electron chi connectivity index (χ2n) is 6.41. The summed E-state index contributed by atoms with van der Waals surface area (Å²) in [6.07, 6.45) is 0.449. The Hall–Kier alpha value is -1.82. The lowest BCUT2D eigenvalue weighted by Crippen LogP contribution is -2.37. The Labute approximate surface area is 185 Å². The predicted octanol–water partition coefficient (Wildman–Crippen LogP) is 3.64. The fourth-order valence-electron chi connectivity index (χ4n) is 2.48. The molecule has 0 aliphatic rings. The van der Waals surface area contributed by atoms with Crippen LogP contribution in [0.4, 0.5) is 13.2 Å². The fraction of sp³-hybridized carbons (Fsp3) is 0.474. The van der Waals surface area contributed by atoms with Crippen LogP contribution >= 0.6 is 24.0 Å². The zero-order valence-electron chi connectivity index (χ0n) is 16.5. The number of rotatable bonds is 9. The minimum Gasteiger partial charge on any atom is -0.367 e. The maximum absolute atomic E-state index is 12.1. The highest BCUT2D eigenvalue weighted by atomic mass is 127. The maximum atomic E-state index is 12.1. The summed E-state index contributed by atoms with van der Waals surface area (Å²) in [7, 11) is 1.70. The average molecular weight is 525 g/mol. The summed E-state index contributed by atoms with van der Waals surface area (Å²) in [4.78, 5) is 4.18. The van der Waals surface area contributed by atoms with Crippen LogP contribution in [0.15, 0.2) is 41.7 Å². The SMILES string of the molecule is CN=C(NCCCn1cc(C)cn1)NCc1ccc(COCC(F)(F)F)cc1.I. The molecular weight excluding hydrogens is 498 g/mol. The Morgan fingerprint density at radius 1 is 1.17 bits per heavy atom. The van der Waals surface area contributed by atoms with Crippen molar-refractivity contribution < 1.29 is 17.9 Å². The zero-order valence-corrected chi connectivity index (χ0v) is 18.8. The van der Waals surface area contributed by atoms with Crippen LogP contribution in [0.1, 0.15) is 23.1 Å². The standard InChI is InChI=1S/C19H26F3N5O.HI/c1-15-10-26-27(12-15)9-3-8-24-18(23-2)25-11-16-4-6-17(7-5-16)13-28-14-19(20,21)22;/h4-7,10,12H,3,8-9,11,13-14H2,1-2H3,(H2,23,24,25);1H. The van der Waals surface area contributed by atoms with Crippen molar-refractivity contribution in [2.24, 2.45) is 4.99 Å². The van der Waals surface area contributed by atoms with Crippen molar-refractivity contribution >= 4 is 29.9 Å². The molecule has 0 spiro atoms. The van der Waals surface area contributed by atoms with Gasteiger partial charge in [0.15, 0.2) is 5.96 Å². The van der Waals surface area contributed by atoms with Crippen LogP contribution < -0.4 is 10.6 Å². The summed E-state index contributed by atoms with van der Waals surface area (Å²) < 4.78 is 42.8. The van der Waals surface area contributed by atoms with Gasteiger partial charge in [-0.3, -0.25) is 9.67 Å². The number of guanidine groups is 1. The highest BCUT2D eigenvalue weighted by molar-refractivity contribution is 14.0. The van der Waals surface area contributed by atoms with Gasteiger partial charge in [-0.25, -0.2) is 0 Å². The number of halogens is 4. The molecule has 0 radical (unpaired) electrons. The second-order valence-corrected chi connectivity index (χ2v) is 6.41. The van der Waals surface area contributed by atoms with Crippen molar-refractivity contribution in [3.05, 3.63) is 53.3 Å². The molecule has 2 N–H and O–H groups in total. The highest BCUT2D eigenvalue weighted by Gasteiger charge is 2.27. The summed E-state index contributed by atoms with van der Waals surface area (Å²) in [6, 6.07) is 7.23. The van der Waals surface area contributed by atoms with Gasteiger partial charge in [0.05, 0.1) is 12.8 Å². The third-order valence-corrected chi connectivity index (χ3v) is 3.86. The van der Waals surface area contributed by atoms with Crippen LogP contribution in [0, 0.1) is 6.92 Å². The number of hydrogen-bond donors (Lipinski definition) is 2. The summed E-state index contributed by atoms with van der Waals surface area (Å²) in [5.74, 6) is 0.689. The van der Waals surface area contributed by atoms with Crippen LogP contribution in [0.3, 0.4) is 0 Å². The van der Waals surface area contributed by atoms with Crippen molar-refractivity contribution in [1.29, 1.82) is 0 Å². The van der Waals surface area contributed by atoms with Crippen molar-refractivity contribution in [3.8, 4) is 0 Å². The number of hydrogen-bond acceptors (Lipinski definition) is 3. The first-order valence-electron chi connectivity index (χ1n) is 9.01. The van der Waals surface area contributed by atoms with Gasteiger partial charge < -0.3 is 15.4 Å². The molecular formula is C19H27F3IN5O. The van der Waals surface area contributed by atoms with Gasteiger partial charge in [0, 0.05) is 32.9 Å². The topological polar surface area (TPSA) is 63.5 Å². The molecule has 0 saturated carbocycles. The Bertz CT molecular complexity index is 747. The van der Waals surface area contributed by atoms with Crippen molar-refractivity contribution in [2.45, 2.75) is 39.2 Å². The number of aliphatic imine (C=N–C) groups is 1. The van der Waals surface area contributed by atoms with Gasteiger partial charge in [-0.05, 0) is 30.0 Å². The Balaban J connectivity index is 0.00000420. The molecule has 0 fully saturated rings. The molecule has 6 nitrogen and oxygen atoms in total. The summed E-state index contributed by atoms with van der Waals surface area (Å²) >= 11 is 0. The number of benzene rings is 1. The molecule has 0 amide bonds. The number of nitrogens with one attached hydrogen (secondary N) is 2. The molecule has 1 aromatic heterocycles. The lowest BCUT2D eigenvalue weighted by Gasteiger charge is -2.12. The van der Waals surface area contributed by atoms with E-state index in [9.17, 15) is 13.2 Å². The average Bonchev–Trinajstić information content (AvgIpc) is 3.06. The van der Waals surface area contributed by atoms with E-state index in [4.69, 9.17) is 0 Å². The van der Waals surface area contributed by atoms with Crippen LogP contribution in [0.25, 0.3) is 0 Å². The minimum atomic E-state index is -4.30. The van der Waals surface area contributed by atoms with Crippen LogP contribution in [-0.2, 0) is 24.4 Å². The quantitative estimate of drug-likeness (QED) is 0.227. The van der Waals surface area contributed by atoms with E-state index in [1.807, 2.05) is 36.1 Å². The molecule has 162 valence electrons. The molecule has 10 heteroatoms. The molecule has 0 aliphatic carbocycles. The van der Waals surface area contributed by atoms with Gasteiger partial charge in [0.25, 0.3) is 0 Å². The van der Waals surface area contributed by atoms with E-state index in [1.165, 1.54) is 0 Å². The molecule has 1 heterocycles. The molecule has 0 saturated heterocycles. The van der Waals surface area contributed by atoms with E-state index in [-0.39, 0.29) is 30.6 Å². The number of aryl methyl sites for hydroxylation is 2. The minimum absolute atomic E-state index is 0. The van der Waals surface area contributed by atoms with Crippen LogP contribution in [0.5, 0.6) is 0 Å². The predicted molar refractivity (Wildman–Crippen MR) is 117 cm³/mol. The largest absolute Gasteiger partial charge is 0.411 e. The molecule has 2 rings (SSSR count). The third-order valence-electron chi connectivity index (χ3n) is 3.86. The summed E-state index contributed by atoms with van der Waals surface area (Å²) in [5.41, 5.74) is 2.84. The fourth-order valence-corrected chi connectivity index (χ4v) is 2.48. The molecule has 0 unspecified atom stereocenters. The second kappa shape index (κ2) is 12.7. The van der Waals surface area contributed by atoms with E-state index < -0.39 is 12.8 Å². The maximum Gasteiger partial charge on any atom is 0.411 e. The monoisotopic (exact) mass is 525 g/mol. The number of aromatic nitrogens is 2. The summed E-state index contributed by atoms with van der Waals surface area (Å²) in [5, 5.41) is 10.7. The number of ether oxygens (including phenoxy) is 1. The van der Waals surface area contributed by atoms with E-state index >= 15 is 0 Å². The van der Waals surface area contributed by atoms with E-state index in [1.54, 1.807) is 19.2 Å².